The van der Waals surface area contributed by atoms with Gasteiger partial charge >= 0.3 is 0 Å². The van der Waals surface area contributed by atoms with Gasteiger partial charge in [0, 0.05) is 20.0 Å². The number of phenols is 1. The smallest absolute Gasteiger partial charge is 0.146 e. The number of phenolic OH excluding ortho intramolecular Hbond substituents is 1. The van der Waals surface area contributed by atoms with Gasteiger partial charge < -0.3 is 15.3 Å². The third-order valence-corrected chi connectivity index (χ3v) is 5.05. The lowest BCUT2D eigenvalue weighted by atomic mass is 9.84. The van der Waals surface area contributed by atoms with Crippen LogP contribution in [0.5, 0.6) is 5.75 Å². The van der Waals surface area contributed by atoms with Gasteiger partial charge in [0.2, 0.25) is 0 Å². The average molecular weight is 414 g/mol. The van der Waals surface area contributed by atoms with E-state index in [1.54, 1.807) is 4.90 Å². The van der Waals surface area contributed by atoms with Gasteiger partial charge in [0.15, 0.2) is 0 Å². The first-order chi connectivity index (χ1) is 14.7. The van der Waals surface area contributed by atoms with Crippen molar-refractivity contribution in [3.05, 3.63) is 47.5 Å². The van der Waals surface area contributed by atoms with E-state index in [2.05, 4.69) is 10.2 Å². The van der Waals surface area contributed by atoms with Crippen LogP contribution in [0.3, 0.4) is 0 Å². The number of aromatic nitrogens is 3. The summed E-state index contributed by atoms with van der Waals surface area (Å²) in [6, 6.07) is 11.4. The predicted molar refractivity (Wildman–Crippen MR) is 118 cm³/mol. The number of hydrogen-bond acceptors (Lipinski definition) is 6. The number of aliphatic hydroxyl groups excluding tert-OH is 2. The molecule has 3 rings (SSSR count). The van der Waals surface area contributed by atoms with E-state index in [4.69, 9.17) is 1.37 Å². The van der Waals surface area contributed by atoms with Crippen LogP contribution in [0.25, 0.3) is 16.7 Å². The minimum absolute atomic E-state index is 0.0502. The zero-order chi connectivity index (χ0) is 22.6. The molecule has 1 aromatic heterocycles. The van der Waals surface area contributed by atoms with Crippen LogP contribution in [0, 0.1) is 0 Å². The monoisotopic (exact) mass is 413 g/mol. The molecule has 2 aromatic carbocycles. The van der Waals surface area contributed by atoms with E-state index < -0.39 is 6.52 Å². The maximum atomic E-state index is 11.0. The SMILES string of the molecule is [2H]C(CCc1cc(-n2nc3ccccc3n2)c(O)c(C(C)(C)C)c1)N(CCO)CCO. The number of aryl methyl sites for hydroxylation is 1. The highest BCUT2D eigenvalue weighted by molar-refractivity contribution is 5.73. The van der Waals surface area contributed by atoms with Crippen molar-refractivity contribution in [2.75, 3.05) is 32.8 Å². The summed E-state index contributed by atoms with van der Waals surface area (Å²) in [5.74, 6) is 0.154. The van der Waals surface area contributed by atoms with Crippen molar-refractivity contribution >= 4 is 11.0 Å². The summed E-state index contributed by atoms with van der Waals surface area (Å²) in [7, 11) is 0. The zero-order valence-electron chi connectivity index (χ0n) is 18.9. The van der Waals surface area contributed by atoms with E-state index in [0.717, 1.165) is 22.2 Å². The van der Waals surface area contributed by atoms with E-state index in [1.807, 2.05) is 57.2 Å². The van der Waals surface area contributed by atoms with Crippen molar-refractivity contribution in [3.8, 4) is 11.4 Å². The minimum Gasteiger partial charge on any atom is -0.505 e. The fraction of sp³-hybridized carbons (Fsp3) is 0.478. The van der Waals surface area contributed by atoms with Crippen molar-refractivity contribution in [2.24, 2.45) is 0 Å². The number of hydrogen-bond donors (Lipinski definition) is 3. The quantitative estimate of drug-likeness (QED) is 0.499. The van der Waals surface area contributed by atoms with Crippen LogP contribution in [-0.2, 0) is 11.8 Å². The van der Waals surface area contributed by atoms with Crippen molar-refractivity contribution in [2.45, 2.75) is 39.0 Å². The molecule has 162 valence electrons. The number of benzene rings is 2. The number of rotatable bonds is 9. The topological polar surface area (TPSA) is 94.6 Å². The summed E-state index contributed by atoms with van der Waals surface area (Å²) < 4.78 is 8.42. The Morgan fingerprint density at radius 1 is 1.03 bits per heavy atom. The van der Waals surface area contributed by atoms with Gasteiger partial charge in [-0.15, -0.1) is 15.0 Å². The molecule has 0 aliphatic carbocycles. The minimum atomic E-state index is -0.542. The summed E-state index contributed by atoms with van der Waals surface area (Å²) in [6.07, 6.45) is 1.14. The van der Waals surface area contributed by atoms with Crippen molar-refractivity contribution < 1.29 is 16.7 Å². The molecule has 7 nitrogen and oxygen atoms in total. The van der Waals surface area contributed by atoms with E-state index in [0.29, 0.717) is 31.6 Å². The van der Waals surface area contributed by atoms with Crippen LogP contribution in [0.2, 0.25) is 0 Å². The van der Waals surface area contributed by atoms with Gasteiger partial charge in [-0.25, -0.2) is 0 Å². The molecular formula is C23H32N4O3. The zero-order valence-corrected chi connectivity index (χ0v) is 17.9. The van der Waals surface area contributed by atoms with Gasteiger partial charge in [-0.05, 0) is 48.5 Å². The third-order valence-electron chi connectivity index (χ3n) is 5.05. The number of nitrogens with zero attached hydrogens (tertiary/aromatic N) is 4. The van der Waals surface area contributed by atoms with Crippen LogP contribution in [0.4, 0.5) is 0 Å². The lowest BCUT2D eigenvalue weighted by Gasteiger charge is -2.23. The van der Waals surface area contributed by atoms with E-state index >= 15 is 0 Å². The molecule has 1 heterocycles. The second-order valence-corrected chi connectivity index (χ2v) is 8.44. The average Bonchev–Trinajstić information content (AvgIpc) is 3.15. The van der Waals surface area contributed by atoms with Gasteiger partial charge in [-0.3, -0.25) is 4.90 Å². The first-order valence-electron chi connectivity index (χ1n) is 10.9. The molecule has 0 aliphatic rings. The number of fused-ring (bicyclic) bond motifs is 1. The Balaban J connectivity index is 1.94. The Morgan fingerprint density at radius 2 is 1.63 bits per heavy atom. The summed E-state index contributed by atoms with van der Waals surface area (Å²) >= 11 is 0. The fourth-order valence-corrected chi connectivity index (χ4v) is 3.48. The molecule has 3 N–H and O–H groups in total. The number of aromatic hydroxyl groups is 1. The molecule has 0 radical (unpaired) electrons. The second kappa shape index (κ2) is 9.55. The van der Waals surface area contributed by atoms with Crippen LogP contribution in [-0.4, -0.2) is 68.0 Å². The molecular weight excluding hydrogens is 380 g/mol. The molecule has 1 unspecified atom stereocenters. The van der Waals surface area contributed by atoms with Crippen LogP contribution >= 0.6 is 0 Å². The molecule has 0 saturated heterocycles. The normalized spacial score (nSPS) is 13.7. The summed E-state index contributed by atoms with van der Waals surface area (Å²) in [5.41, 5.74) is 3.50. The van der Waals surface area contributed by atoms with Crippen LogP contribution in [0.1, 0.15) is 39.7 Å². The molecule has 7 heteroatoms. The van der Waals surface area contributed by atoms with E-state index in [1.165, 1.54) is 4.80 Å². The molecule has 0 amide bonds. The highest BCUT2D eigenvalue weighted by Crippen LogP contribution is 2.36. The Kier molecular flexibility index (Phi) is 6.62. The molecule has 3 aromatic rings. The first-order valence-corrected chi connectivity index (χ1v) is 10.3. The standard InChI is InChI=1S/C23H32N4O3/c1-23(2,3)18-15-17(7-6-10-26(11-13-28)12-14-29)16-21(22(18)30)27-24-19-8-4-5-9-20(19)25-27/h4-5,8-9,15-16,28-30H,6-7,10-14H2,1-3H3/i10D. The Bertz CT molecular complexity index is 977. The molecule has 0 aliphatic heterocycles. The maximum absolute atomic E-state index is 11.0. The van der Waals surface area contributed by atoms with Crippen molar-refractivity contribution in [3.63, 3.8) is 0 Å². The Hall–Kier alpha value is -2.48. The van der Waals surface area contributed by atoms with Gasteiger partial charge in [0.05, 0.1) is 13.2 Å². The lowest BCUT2D eigenvalue weighted by Crippen LogP contribution is -2.31. The van der Waals surface area contributed by atoms with E-state index in [9.17, 15) is 15.3 Å². The molecule has 0 bridgehead atoms. The van der Waals surface area contributed by atoms with Gasteiger partial charge in [-0.2, -0.15) is 0 Å². The Morgan fingerprint density at radius 3 is 2.17 bits per heavy atom. The highest BCUT2D eigenvalue weighted by Gasteiger charge is 2.23. The van der Waals surface area contributed by atoms with Crippen molar-refractivity contribution in [1.29, 1.82) is 0 Å². The maximum Gasteiger partial charge on any atom is 0.146 e. The lowest BCUT2D eigenvalue weighted by molar-refractivity contribution is 0.160. The summed E-state index contributed by atoms with van der Waals surface area (Å²) in [5, 5.41) is 38.5. The predicted octanol–water partition coefficient (Wildman–Crippen LogP) is 2.64. The van der Waals surface area contributed by atoms with Crippen LogP contribution < -0.4 is 0 Å². The summed E-state index contributed by atoms with van der Waals surface area (Å²) in [6.45, 7) is 6.19. The van der Waals surface area contributed by atoms with Gasteiger partial charge in [0.25, 0.3) is 0 Å². The van der Waals surface area contributed by atoms with Crippen LogP contribution in [0.15, 0.2) is 36.4 Å². The highest BCUT2D eigenvalue weighted by atomic mass is 16.3. The number of aliphatic hydroxyl groups is 2. The van der Waals surface area contributed by atoms with Gasteiger partial charge in [0.1, 0.15) is 22.5 Å². The first kappa shape index (κ1) is 20.8. The Labute approximate surface area is 179 Å². The molecule has 0 saturated carbocycles. The van der Waals surface area contributed by atoms with E-state index in [-0.39, 0.29) is 24.4 Å². The molecule has 0 fully saturated rings. The molecule has 0 spiro atoms. The third kappa shape index (κ3) is 5.16. The molecule has 1 atom stereocenters. The van der Waals surface area contributed by atoms with Gasteiger partial charge in [-0.1, -0.05) is 39.0 Å². The summed E-state index contributed by atoms with van der Waals surface area (Å²) in [4.78, 5) is 3.23. The fourth-order valence-electron chi connectivity index (χ4n) is 3.48. The second-order valence-electron chi connectivity index (χ2n) is 8.44. The molecule has 30 heavy (non-hydrogen) atoms. The largest absolute Gasteiger partial charge is 0.505 e. The van der Waals surface area contributed by atoms with Crippen molar-refractivity contribution in [1.82, 2.24) is 19.9 Å².